The van der Waals surface area contributed by atoms with E-state index >= 15 is 0 Å². The molecule has 2 heterocycles. The molecule has 0 aliphatic carbocycles. The van der Waals surface area contributed by atoms with Crippen molar-refractivity contribution in [2.75, 3.05) is 29.2 Å². The van der Waals surface area contributed by atoms with Gasteiger partial charge in [-0.25, -0.2) is 4.99 Å². The van der Waals surface area contributed by atoms with Gasteiger partial charge in [0, 0.05) is 28.4 Å². The highest BCUT2D eigenvalue weighted by Gasteiger charge is 2.29. The van der Waals surface area contributed by atoms with Crippen LogP contribution in [0.5, 0.6) is 0 Å². The third-order valence-corrected chi connectivity index (χ3v) is 6.93. The van der Waals surface area contributed by atoms with Gasteiger partial charge in [0.05, 0.1) is 11.8 Å². The summed E-state index contributed by atoms with van der Waals surface area (Å²) < 4.78 is 5.97. The summed E-state index contributed by atoms with van der Waals surface area (Å²) in [7, 11) is 0. The molecule has 0 bridgehead atoms. The molecule has 0 saturated heterocycles. The number of carbonyl (C=O) groups excluding carboxylic acids is 1. The van der Waals surface area contributed by atoms with Crippen molar-refractivity contribution in [3.8, 4) is 0 Å². The van der Waals surface area contributed by atoms with Crippen LogP contribution in [0.1, 0.15) is 18.1 Å². The van der Waals surface area contributed by atoms with E-state index in [0.29, 0.717) is 11.7 Å². The van der Waals surface area contributed by atoms with Crippen LogP contribution in [0.25, 0.3) is 0 Å². The Balaban J connectivity index is 1.32. The Morgan fingerprint density at radius 2 is 2.00 bits per heavy atom. The molecule has 2 aliphatic rings. The van der Waals surface area contributed by atoms with Crippen molar-refractivity contribution < 1.29 is 9.53 Å². The normalized spacial score (nSPS) is 20.6. The van der Waals surface area contributed by atoms with Gasteiger partial charge in [-0.05, 0) is 55.5 Å². The van der Waals surface area contributed by atoms with Crippen molar-refractivity contribution in [3.05, 3.63) is 59.7 Å². The first-order chi connectivity index (χ1) is 13.7. The Hall–Kier alpha value is -1.92. The fourth-order valence-corrected chi connectivity index (χ4v) is 4.98. The molecule has 2 aromatic carbocycles. The van der Waals surface area contributed by atoms with Gasteiger partial charge in [0.25, 0.3) is 0 Å². The largest absolute Gasteiger partial charge is 0.472 e. The molecule has 146 valence electrons. The van der Waals surface area contributed by atoms with Crippen molar-refractivity contribution in [1.82, 2.24) is 0 Å². The van der Waals surface area contributed by atoms with Gasteiger partial charge in [-0.15, -0.1) is 23.5 Å². The van der Waals surface area contributed by atoms with Crippen molar-refractivity contribution >= 4 is 41.0 Å². The minimum Gasteiger partial charge on any atom is -0.472 e. The second kappa shape index (κ2) is 8.62. The van der Waals surface area contributed by atoms with E-state index in [4.69, 9.17) is 9.73 Å². The lowest BCUT2D eigenvalue weighted by Crippen LogP contribution is -2.31. The highest BCUT2D eigenvalue weighted by atomic mass is 32.2. The fraction of sp³-hybridized carbons (Fsp3) is 0.364. The Kier molecular flexibility index (Phi) is 5.97. The van der Waals surface area contributed by atoms with Gasteiger partial charge in [-0.3, -0.25) is 4.79 Å². The third-order valence-electron chi connectivity index (χ3n) is 5.16. The van der Waals surface area contributed by atoms with Gasteiger partial charge in [0.1, 0.15) is 6.10 Å². The number of nitrogens with zero attached hydrogens (tertiary/aromatic N) is 2. The minimum atomic E-state index is 0.0327. The van der Waals surface area contributed by atoms with E-state index in [1.165, 1.54) is 10.5 Å². The maximum Gasteiger partial charge on any atom is 0.236 e. The van der Waals surface area contributed by atoms with Gasteiger partial charge in [-0.1, -0.05) is 18.2 Å². The quantitative estimate of drug-likeness (QED) is 0.665. The number of carbonyl (C=O) groups is 1. The van der Waals surface area contributed by atoms with Crippen LogP contribution in [0, 0.1) is 0 Å². The molecular weight excluding hydrogens is 388 g/mol. The SMILES string of the molecule is CSc1ccc(C2=NC(CSCC(=O)N3CCc4ccccc43)C(C)O2)cc1. The highest BCUT2D eigenvalue weighted by molar-refractivity contribution is 8.00. The van der Waals surface area contributed by atoms with Gasteiger partial charge in [0.15, 0.2) is 0 Å². The van der Waals surface area contributed by atoms with E-state index in [2.05, 4.69) is 43.5 Å². The molecule has 1 amide bonds. The Morgan fingerprint density at radius 3 is 2.79 bits per heavy atom. The zero-order valence-electron chi connectivity index (χ0n) is 16.1. The van der Waals surface area contributed by atoms with Crippen LogP contribution in [0.4, 0.5) is 5.69 Å². The lowest BCUT2D eigenvalue weighted by Gasteiger charge is -2.18. The van der Waals surface area contributed by atoms with Crippen molar-refractivity contribution in [2.24, 2.45) is 4.99 Å². The second-order valence-corrected chi connectivity index (χ2v) is 8.90. The van der Waals surface area contributed by atoms with Gasteiger partial charge >= 0.3 is 0 Å². The van der Waals surface area contributed by atoms with Gasteiger partial charge < -0.3 is 9.64 Å². The smallest absolute Gasteiger partial charge is 0.236 e. The maximum atomic E-state index is 12.6. The minimum absolute atomic E-state index is 0.0327. The van der Waals surface area contributed by atoms with E-state index in [9.17, 15) is 4.79 Å². The molecule has 2 aliphatic heterocycles. The number of thioether (sulfide) groups is 2. The molecule has 0 fully saturated rings. The zero-order valence-corrected chi connectivity index (χ0v) is 17.8. The van der Waals surface area contributed by atoms with Crippen molar-refractivity contribution in [2.45, 2.75) is 30.4 Å². The molecule has 0 radical (unpaired) electrons. The van der Waals surface area contributed by atoms with E-state index in [1.807, 2.05) is 23.1 Å². The molecule has 4 nitrogen and oxygen atoms in total. The van der Waals surface area contributed by atoms with Crippen LogP contribution in [0.2, 0.25) is 0 Å². The van der Waals surface area contributed by atoms with Crippen LogP contribution in [-0.4, -0.2) is 48.3 Å². The van der Waals surface area contributed by atoms with Crippen LogP contribution >= 0.6 is 23.5 Å². The summed E-state index contributed by atoms with van der Waals surface area (Å²) in [6.45, 7) is 2.84. The number of rotatable bonds is 6. The van der Waals surface area contributed by atoms with Crippen molar-refractivity contribution in [1.29, 1.82) is 0 Å². The number of fused-ring (bicyclic) bond motifs is 1. The molecule has 0 saturated carbocycles. The summed E-state index contributed by atoms with van der Waals surface area (Å²) in [5, 5.41) is 0. The number of aliphatic imine (C=N–C) groups is 1. The molecule has 6 heteroatoms. The summed E-state index contributed by atoms with van der Waals surface area (Å²) in [6, 6.07) is 16.5. The molecule has 0 spiro atoms. The number of amides is 1. The summed E-state index contributed by atoms with van der Waals surface area (Å²) in [6.07, 6.45) is 3.05. The Morgan fingerprint density at radius 1 is 1.21 bits per heavy atom. The predicted molar refractivity (Wildman–Crippen MR) is 119 cm³/mol. The Bertz CT molecular complexity index is 882. The number of anilines is 1. The third kappa shape index (κ3) is 4.08. The summed E-state index contributed by atoms with van der Waals surface area (Å²) in [5.74, 6) is 2.16. The molecular formula is C22H24N2O2S2. The molecule has 4 rings (SSSR count). The molecule has 2 aromatic rings. The Labute approximate surface area is 174 Å². The first kappa shape index (κ1) is 19.4. The van der Waals surface area contributed by atoms with Gasteiger partial charge in [-0.2, -0.15) is 0 Å². The number of hydrogen-bond acceptors (Lipinski definition) is 5. The average molecular weight is 413 g/mol. The number of hydrogen-bond donors (Lipinski definition) is 0. The zero-order chi connectivity index (χ0) is 19.5. The van der Waals surface area contributed by atoms with Crippen LogP contribution in [0.15, 0.2) is 58.4 Å². The molecule has 0 aromatic heterocycles. The van der Waals surface area contributed by atoms with E-state index in [1.54, 1.807) is 23.5 Å². The second-order valence-electron chi connectivity index (χ2n) is 6.99. The summed E-state index contributed by atoms with van der Waals surface area (Å²) in [4.78, 5) is 20.6. The standard InChI is InChI=1S/C22H24N2O2S2/c1-15-19(23-22(26-15)17-7-9-18(27-2)10-8-17)13-28-14-21(25)24-12-11-16-5-3-4-6-20(16)24/h3-10,15,19H,11-14H2,1-2H3. The van der Waals surface area contributed by atoms with Crippen molar-refractivity contribution in [3.63, 3.8) is 0 Å². The fourth-order valence-electron chi connectivity index (χ4n) is 3.53. The summed E-state index contributed by atoms with van der Waals surface area (Å²) >= 11 is 3.37. The molecule has 2 atom stereocenters. The van der Waals surface area contributed by atoms with Crippen LogP contribution < -0.4 is 4.90 Å². The topological polar surface area (TPSA) is 41.9 Å². The van der Waals surface area contributed by atoms with E-state index in [0.717, 1.165) is 30.0 Å². The predicted octanol–water partition coefficient (Wildman–Crippen LogP) is 4.26. The summed E-state index contributed by atoms with van der Waals surface area (Å²) in [5.41, 5.74) is 3.35. The maximum absolute atomic E-state index is 12.6. The number of para-hydroxylation sites is 1. The lowest BCUT2D eigenvalue weighted by molar-refractivity contribution is -0.116. The molecule has 2 unspecified atom stereocenters. The average Bonchev–Trinajstić information content (AvgIpc) is 3.32. The van der Waals surface area contributed by atoms with Crippen LogP contribution in [0.3, 0.4) is 0 Å². The highest BCUT2D eigenvalue weighted by Crippen LogP contribution is 2.28. The van der Waals surface area contributed by atoms with E-state index < -0.39 is 0 Å². The lowest BCUT2D eigenvalue weighted by atomic mass is 10.2. The number of ether oxygens (including phenoxy) is 1. The monoisotopic (exact) mass is 412 g/mol. The number of benzene rings is 2. The van der Waals surface area contributed by atoms with E-state index in [-0.39, 0.29) is 18.1 Å². The van der Waals surface area contributed by atoms with Crippen LogP contribution in [-0.2, 0) is 16.0 Å². The first-order valence-corrected chi connectivity index (χ1v) is 11.9. The van der Waals surface area contributed by atoms with Gasteiger partial charge in [0.2, 0.25) is 11.8 Å². The molecule has 0 N–H and O–H groups in total. The first-order valence-electron chi connectivity index (χ1n) is 9.50. The molecule has 28 heavy (non-hydrogen) atoms.